The van der Waals surface area contributed by atoms with Crippen LogP contribution in [0.1, 0.15) is 44.2 Å². The van der Waals surface area contributed by atoms with Crippen molar-refractivity contribution in [2.45, 2.75) is 32.7 Å². The van der Waals surface area contributed by atoms with Gasteiger partial charge in [-0.2, -0.15) is 4.98 Å². The molecule has 0 spiro atoms. The Balaban J connectivity index is 1.56. The molecule has 0 fully saturated rings. The van der Waals surface area contributed by atoms with Gasteiger partial charge in [-0.3, -0.25) is 4.90 Å². The molecule has 5 rings (SSSR count). The van der Waals surface area contributed by atoms with Crippen LogP contribution in [-0.4, -0.2) is 34.4 Å². The van der Waals surface area contributed by atoms with Gasteiger partial charge < -0.3 is 19.3 Å². The van der Waals surface area contributed by atoms with E-state index in [2.05, 4.69) is 22.4 Å². The van der Waals surface area contributed by atoms with Gasteiger partial charge in [-0.15, -0.1) is 0 Å². The van der Waals surface area contributed by atoms with E-state index in [0.29, 0.717) is 29.8 Å². The second kappa shape index (κ2) is 8.37. The molecule has 2 aliphatic heterocycles. The Labute approximate surface area is 185 Å². The van der Waals surface area contributed by atoms with Crippen molar-refractivity contribution in [3.05, 3.63) is 65.7 Å². The first-order chi connectivity index (χ1) is 15.7. The molecule has 0 aliphatic carbocycles. The van der Waals surface area contributed by atoms with Crippen LogP contribution in [0.15, 0.2) is 58.8 Å². The fourth-order valence-corrected chi connectivity index (χ4v) is 4.03. The number of carbonyl (C=O) groups is 1. The lowest BCUT2D eigenvalue weighted by molar-refractivity contribution is 0.174. The second-order valence-electron chi connectivity index (χ2n) is 7.79. The molecule has 8 heteroatoms. The first-order valence-corrected chi connectivity index (χ1v) is 10.7. The summed E-state index contributed by atoms with van der Waals surface area (Å²) >= 11 is 0. The molecule has 1 aromatic heterocycles. The van der Waals surface area contributed by atoms with Gasteiger partial charge in [-0.25, -0.2) is 4.79 Å². The summed E-state index contributed by atoms with van der Waals surface area (Å²) in [5.41, 5.74) is 3.33. The number of benzene rings is 2. The molecule has 1 N–H and O–H groups in total. The highest BCUT2D eigenvalue weighted by molar-refractivity contribution is 5.86. The van der Waals surface area contributed by atoms with E-state index in [1.54, 1.807) is 4.90 Å². The van der Waals surface area contributed by atoms with Crippen molar-refractivity contribution in [1.82, 2.24) is 20.4 Å². The van der Waals surface area contributed by atoms with E-state index in [-0.39, 0.29) is 18.9 Å². The molecule has 3 heterocycles. The predicted molar refractivity (Wildman–Crippen MR) is 118 cm³/mol. The number of aromatic nitrogens is 2. The Bertz CT molecular complexity index is 1170. The van der Waals surface area contributed by atoms with Crippen molar-refractivity contribution >= 4 is 11.6 Å². The highest BCUT2D eigenvalue weighted by atomic mass is 16.7. The summed E-state index contributed by atoms with van der Waals surface area (Å²) in [6.07, 6.45) is 1.89. The van der Waals surface area contributed by atoms with Crippen LogP contribution in [0, 0.1) is 0 Å². The van der Waals surface area contributed by atoms with Crippen LogP contribution in [0.2, 0.25) is 0 Å². The number of fused-ring (bicyclic) bond motifs is 1. The fraction of sp³-hybridized carbons (Fsp3) is 0.292. The highest BCUT2D eigenvalue weighted by Gasteiger charge is 2.35. The maximum atomic E-state index is 12.9. The normalized spacial score (nSPS) is 17.6. The summed E-state index contributed by atoms with van der Waals surface area (Å²) in [4.78, 5) is 19.3. The zero-order valence-corrected chi connectivity index (χ0v) is 18.0. The van der Waals surface area contributed by atoms with Crippen molar-refractivity contribution in [1.29, 1.82) is 0 Å². The van der Waals surface area contributed by atoms with Crippen molar-refractivity contribution in [2.75, 3.05) is 13.3 Å². The molecular formula is C24H24N4O4. The number of rotatable bonds is 6. The van der Waals surface area contributed by atoms with Gasteiger partial charge in [0.1, 0.15) is 0 Å². The zero-order chi connectivity index (χ0) is 22.1. The number of urea groups is 1. The van der Waals surface area contributed by atoms with Crippen LogP contribution in [0.5, 0.6) is 11.5 Å². The minimum Gasteiger partial charge on any atom is -0.454 e. The molecule has 0 saturated heterocycles. The number of amides is 2. The molecule has 2 aliphatic rings. The minimum absolute atomic E-state index is 0.121. The van der Waals surface area contributed by atoms with Gasteiger partial charge in [-0.05, 0) is 37.1 Å². The molecule has 8 nitrogen and oxygen atoms in total. The molecular weight excluding hydrogens is 408 g/mol. The van der Waals surface area contributed by atoms with Gasteiger partial charge in [-0.1, -0.05) is 48.8 Å². The van der Waals surface area contributed by atoms with E-state index < -0.39 is 0 Å². The maximum absolute atomic E-state index is 12.9. The number of allylic oxidation sites excluding steroid dienone is 1. The molecule has 0 radical (unpaired) electrons. The standard InChI is InChI=1S/C24H24N4O4/c1-3-4-12-28-15(2)20(21(25-24(28)29)16-8-6-5-7-9-16)23-26-22(27-32-23)17-10-11-18-19(13-17)31-14-30-18/h5-11,13,21H,3-4,12,14H2,1-2H3,(H,25,29). The molecule has 164 valence electrons. The molecule has 3 aromatic rings. The lowest BCUT2D eigenvalue weighted by Crippen LogP contribution is -2.46. The Morgan fingerprint density at radius 2 is 1.94 bits per heavy atom. The summed E-state index contributed by atoms with van der Waals surface area (Å²) in [5, 5.41) is 7.33. The Hall–Kier alpha value is -3.81. The van der Waals surface area contributed by atoms with Crippen molar-refractivity contribution in [3.8, 4) is 22.9 Å². The van der Waals surface area contributed by atoms with E-state index in [1.807, 2.05) is 55.5 Å². The van der Waals surface area contributed by atoms with Crippen molar-refractivity contribution in [2.24, 2.45) is 0 Å². The second-order valence-corrected chi connectivity index (χ2v) is 7.79. The maximum Gasteiger partial charge on any atom is 0.322 e. The van der Waals surface area contributed by atoms with Gasteiger partial charge >= 0.3 is 6.03 Å². The third-order valence-electron chi connectivity index (χ3n) is 5.75. The lowest BCUT2D eigenvalue weighted by atomic mass is 9.94. The molecule has 1 unspecified atom stereocenters. The Kier molecular flexibility index (Phi) is 5.26. The van der Waals surface area contributed by atoms with Crippen LogP contribution >= 0.6 is 0 Å². The Morgan fingerprint density at radius 1 is 1.12 bits per heavy atom. The molecule has 2 aromatic carbocycles. The van der Waals surface area contributed by atoms with E-state index in [1.165, 1.54) is 0 Å². The molecule has 2 amide bonds. The molecule has 1 atom stereocenters. The highest BCUT2D eigenvalue weighted by Crippen LogP contribution is 2.39. The molecule has 0 saturated carbocycles. The smallest absolute Gasteiger partial charge is 0.322 e. The SMILES string of the molecule is CCCCN1C(=O)NC(c2ccccc2)C(c2nc(-c3ccc4c(c3)OCO4)no2)=C1C. The predicted octanol–water partition coefficient (Wildman–Crippen LogP) is 4.76. The number of nitrogens with zero attached hydrogens (tertiary/aromatic N) is 3. The van der Waals surface area contributed by atoms with Gasteiger partial charge in [0.15, 0.2) is 11.5 Å². The van der Waals surface area contributed by atoms with Gasteiger partial charge in [0.2, 0.25) is 12.6 Å². The van der Waals surface area contributed by atoms with Gasteiger partial charge in [0, 0.05) is 17.8 Å². The van der Waals surface area contributed by atoms with Gasteiger partial charge in [0.25, 0.3) is 5.89 Å². The number of hydrogen-bond acceptors (Lipinski definition) is 6. The number of unbranched alkanes of at least 4 members (excludes halogenated alkanes) is 1. The van der Waals surface area contributed by atoms with E-state index in [9.17, 15) is 4.79 Å². The number of ether oxygens (including phenoxy) is 2. The fourth-order valence-electron chi connectivity index (χ4n) is 4.03. The number of nitrogens with one attached hydrogen (secondary N) is 1. The van der Waals surface area contributed by atoms with Crippen LogP contribution in [-0.2, 0) is 0 Å². The van der Waals surface area contributed by atoms with Crippen LogP contribution < -0.4 is 14.8 Å². The third kappa shape index (κ3) is 3.57. The average molecular weight is 432 g/mol. The average Bonchev–Trinajstić information content (AvgIpc) is 3.48. The largest absolute Gasteiger partial charge is 0.454 e. The third-order valence-corrected chi connectivity index (χ3v) is 5.75. The van der Waals surface area contributed by atoms with E-state index in [4.69, 9.17) is 14.0 Å². The van der Waals surface area contributed by atoms with E-state index in [0.717, 1.165) is 35.2 Å². The topological polar surface area (TPSA) is 89.7 Å². The molecule has 0 bridgehead atoms. The number of hydrogen-bond donors (Lipinski definition) is 1. The van der Waals surface area contributed by atoms with E-state index >= 15 is 0 Å². The molecule has 32 heavy (non-hydrogen) atoms. The van der Waals surface area contributed by atoms with Crippen LogP contribution in [0.3, 0.4) is 0 Å². The summed E-state index contributed by atoms with van der Waals surface area (Å²) in [5.74, 6) is 2.18. The minimum atomic E-state index is -0.383. The monoisotopic (exact) mass is 432 g/mol. The summed E-state index contributed by atoms with van der Waals surface area (Å²) in [7, 11) is 0. The van der Waals surface area contributed by atoms with Crippen molar-refractivity contribution < 1.29 is 18.8 Å². The zero-order valence-electron chi connectivity index (χ0n) is 18.0. The lowest BCUT2D eigenvalue weighted by Gasteiger charge is -2.35. The van der Waals surface area contributed by atoms with Crippen molar-refractivity contribution in [3.63, 3.8) is 0 Å². The summed E-state index contributed by atoms with van der Waals surface area (Å²) in [6, 6.07) is 14.8. The first kappa shape index (κ1) is 20.1. The summed E-state index contributed by atoms with van der Waals surface area (Å²) < 4.78 is 16.6. The van der Waals surface area contributed by atoms with Gasteiger partial charge in [0.05, 0.1) is 11.6 Å². The van der Waals surface area contributed by atoms with Crippen LogP contribution in [0.4, 0.5) is 4.79 Å². The Morgan fingerprint density at radius 3 is 2.75 bits per heavy atom. The first-order valence-electron chi connectivity index (χ1n) is 10.7. The quantitative estimate of drug-likeness (QED) is 0.604. The number of carbonyl (C=O) groups excluding carboxylic acids is 1. The summed E-state index contributed by atoms with van der Waals surface area (Å²) in [6.45, 7) is 4.87. The van der Waals surface area contributed by atoms with Crippen LogP contribution in [0.25, 0.3) is 17.0 Å².